The summed E-state index contributed by atoms with van der Waals surface area (Å²) < 4.78 is 1.53. The molecule has 1 fully saturated rings. The molecule has 2 amide bonds. The van der Waals surface area contributed by atoms with Gasteiger partial charge in [0.15, 0.2) is 0 Å². The number of anilines is 1. The number of hydrogen-bond acceptors (Lipinski definition) is 5. The summed E-state index contributed by atoms with van der Waals surface area (Å²) in [5.74, 6) is -0.246. The van der Waals surface area contributed by atoms with E-state index in [1.165, 1.54) is 28.9 Å². The van der Waals surface area contributed by atoms with Gasteiger partial charge in [0, 0.05) is 12.2 Å². The largest absolute Gasteiger partial charge is 0.352 e. The fourth-order valence-electron chi connectivity index (χ4n) is 2.94. The van der Waals surface area contributed by atoms with Gasteiger partial charge >= 0.3 is 0 Å². The molecule has 0 aliphatic heterocycles. The molecule has 24 heavy (non-hydrogen) atoms. The number of hydrogen-bond donors (Lipinski definition) is 2. The minimum atomic E-state index is -0.201. The van der Waals surface area contributed by atoms with Crippen LogP contribution in [0.1, 0.15) is 46.1 Å². The van der Waals surface area contributed by atoms with Crippen LogP contribution in [0, 0.1) is 13.8 Å². The van der Waals surface area contributed by atoms with Crippen molar-refractivity contribution in [2.75, 3.05) is 5.32 Å². The smallest absolute Gasteiger partial charge is 0.267 e. The van der Waals surface area contributed by atoms with E-state index in [-0.39, 0.29) is 18.4 Å². The summed E-state index contributed by atoms with van der Waals surface area (Å²) in [4.78, 5) is 29.1. The van der Waals surface area contributed by atoms with Crippen LogP contribution in [-0.4, -0.2) is 32.6 Å². The van der Waals surface area contributed by atoms with Gasteiger partial charge in [-0.25, -0.2) is 4.98 Å². The molecule has 8 heteroatoms. The Morgan fingerprint density at radius 1 is 1.33 bits per heavy atom. The molecular formula is C16H21N5O2S. The standard InChI is InChI=1S/C16H21N5O2S/c1-10-15(24-11(2)18-10)16(23)20-13-7-17-21(8-13)9-14(22)19-12-5-3-4-6-12/h7-8,12H,3-6,9H2,1-2H3,(H,19,22)(H,20,23). The highest BCUT2D eigenvalue weighted by Gasteiger charge is 2.18. The number of amides is 2. The zero-order valence-corrected chi connectivity index (χ0v) is 14.7. The van der Waals surface area contributed by atoms with Gasteiger partial charge in [0.25, 0.3) is 5.91 Å². The molecule has 3 rings (SSSR count). The van der Waals surface area contributed by atoms with Crippen molar-refractivity contribution < 1.29 is 9.59 Å². The van der Waals surface area contributed by atoms with Crippen LogP contribution < -0.4 is 10.6 Å². The maximum atomic E-state index is 12.3. The van der Waals surface area contributed by atoms with Crippen LogP contribution in [0.2, 0.25) is 0 Å². The summed E-state index contributed by atoms with van der Waals surface area (Å²) in [6.07, 6.45) is 7.68. The highest BCUT2D eigenvalue weighted by atomic mass is 32.1. The monoisotopic (exact) mass is 347 g/mol. The van der Waals surface area contributed by atoms with E-state index in [1.807, 2.05) is 13.8 Å². The highest BCUT2D eigenvalue weighted by molar-refractivity contribution is 7.13. The van der Waals surface area contributed by atoms with Crippen LogP contribution >= 0.6 is 11.3 Å². The summed E-state index contributed by atoms with van der Waals surface area (Å²) >= 11 is 1.36. The number of carbonyl (C=O) groups is 2. The van der Waals surface area contributed by atoms with Crippen LogP contribution in [-0.2, 0) is 11.3 Å². The van der Waals surface area contributed by atoms with Crippen LogP contribution in [0.5, 0.6) is 0 Å². The number of thiazole rings is 1. The third-order valence-corrected chi connectivity index (χ3v) is 5.10. The Morgan fingerprint density at radius 3 is 2.75 bits per heavy atom. The van der Waals surface area contributed by atoms with Gasteiger partial charge in [-0.1, -0.05) is 12.8 Å². The molecule has 0 spiro atoms. The van der Waals surface area contributed by atoms with E-state index in [1.54, 1.807) is 12.4 Å². The molecular weight excluding hydrogens is 326 g/mol. The van der Waals surface area contributed by atoms with E-state index >= 15 is 0 Å². The van der Waals surface area contributed by atoms with Crippen molar-refractivity contribution in [3.8, 4) is 0 Å². The number of nitrogens with zero attached hydrogens (tertiary/aromatic N) is 3. The fourth-order valence-corrected chi connectivity index (χ4v) is 3.75. The Balaban J connectivity index is 1.56. The van der Waals surface area contributed by atoms with Gasteiger partial charge in [-0.05, 0) is 26.7 Å². The lowest BCUT2D eigenvalue weighted by atomic mass is 10.2. The van der Waals surface area contributed by atoms with Gasteiger partial charge in [0.05, 0.1) is 22.6 Å². The minimum Gasteiger partial charge on any atom is -0.352 e. The first-order chi connectivity index (χ1) is 11.5. The summed E-state index contributed by atoms with van der Waals surface area (Å²) in [6.45, 7) is 3.84. The molecule has 0 atom stereocenters. The Hall–Kier alpha value is -2.22. The number of rotatable bonds is 5. The number of aromatic nitrogens is 3. The number of nitrogens with one attached hydrogen (secondary N) is 2. The average molecular weight is 347 g/mol. The lowest BCUT2D eigenvalue weighted by molar-refractivity contribution is -0.122. The van der Waals surface area contributed by atoms with Crippen molar-refractivity contribution in [1.82, 2.24) is 20.1 Å². The molecule has 2 aromatic rings. The molecule has 0 bridgehead atoms. The molecule has 2 aromatic heterocycles. The molecule has 2 heterocycles. The van der Waals surface area contributed by atoms with Crippen LogP contribution in [0.3, 0.4) is 0 Å². The van der Waals surface area contributed by atoms with E-state index in [0.29, 0.717) is 16.6 Å². The zero-order chi connectivity index (χ0) is 17.1. The van der Waals surface area contributed by atoms with Crippen molar-refractivity contribution in [3.05, 3.63) is 28.0 Å². The Labute approximate surface area is 144 Å². The van der Waals surface area contributed by atoms with Gasteiger partial charge in [-0.15, -0.1) is 11.3 Å². The minimum absolute atomic E-state index is 0.0446. The van der Waals surface area contributed by atoms with Crippen molar-refractivity contribution in [2.24, 2.45) is 0 Å². The topological polar surface area (TPSA) is 88.9 Å². The van der Waals surface area contributed by atoms with Crippen molar-refractivity contribution >= 4 is 28.8 Å². The van der Waals surface area contributed by atoms with E-state index in [4.69, 9.17) is 0 Å². The second-order valence-corrected chi connectivity index (χ2v) is 7.28. The average Bonchev–Trinajstić information content (AvgIpc) is 3.22. The maximum absolute atomic E-state index is 12.3. The van der Waals surface area contributed by atoms with Gasteiger partial charge in [0.1, 0.15) is 11.4 Å². The first-order valence-electron chi connectivity index (χ1n) is 8.08. The third kappa shape index (κ3) is 4.00. The predicted molar refractivity (Wildman–Crippen MR) is 92.2 cm³/mol. The predicted octanol–water partition coefficient (Wildman–Crippen LogP) is 2.27. The summed E-state index contributed by atoms with van der Waals surface area (Å²) in [5, 5.41) is 10.8. The maximum Gasteiger partial charge on any atom is 0.267 e. The lowest BCUT2D eigenvalue weighted by Gasteiger charge is -2.11. The molecule has 0 aromatic carbocycles. The molecule has 7 nitrogen and oxygen atoms in total. The van der Waals surface area contributed by atoms with E-state index in [9.17, 15) is 9.59 Å². The molecule has 2 N–H and O–H groups in total. The molecule has 1 saturated carbocycles. The van der Waals surface area contributed by atoms with Crippen LogP contribution in [0.4, 0.5) is 5.69 Å². The van der Waals surface area contributed by atoms with Crippen molar-refractivity contribution in [1.29, 1.82) is 0 Å². The molecule has 0 saturated heterocycles. The zero-order valence-electron chi connectivity index (χ0n) is 13.8. The highest BCUT2D eigenvalue weighted by Crippen LogP contribution is 2.19. The number of carbonyl (C=O) groups excluding carboxylic acids is 2. The van der Waals surface area contributed by atoms with Gasteiger partial charge in [-0.2, -0.15) is 5.10 Å². The van der Waals surface area contributed by atoms with Gasteiger partial charge in [-0.3, -0.25) is 14.3 Å². The quantitative estimate of drug-likeness (QED) is 0.868. The summed E-state index contributed by atoms with van der Waals surface area (Å²) in [7, 11) is 0. The number of aryl methyl sites for hydroxylation is 2. The van der Waals surface area contributed by atoms with E-state index in [0.717, 1.165) is 23.5 Å². The summed E-state index contributed by atoms with van der Waals surface area (Å²) in [6, 6.07) is 0.296. The Bertz CT molecular complexity index is 745. The van der Waals surface area contributed by atoms with Crippen molar-refractivity contribution in [3.63, 3.8) is 0 Å². The normalized spacial score (nSPS) is 14.8. The first-order valence-corrected chi connectivity index (χ1v) is 8.90. The Kier molecular flexibility index (Phi) is 4.94. The molecule has 128 valence electrons. The third-order valence-electron chi connectivity index (χ3n) is 4.03. The molecule has 1 aliphatic carbocycles. The second-order valence-electron chi connectivity index (χ2n) is 6.08. The molecule has 0 radical (unpaired) electrons. The molecule has 0 unspecified atom stereocenters. The van der Waals surface area contributed by atoms with Gasteiger partial charge in [0.2, 0.25) is 5.91 Å². The van der Waals surface area contributed by atoms with Crippen LogP contribution in [0.25, 0.3) is 0 Å². The first kappa shape index (κ1) is 16.6. The van der Waals surface area contributed by atoms with E-state index in [2.05, 4.69) is 20.7 Å². The van der Waals surface area contributed by atoms with Crippen LogP contribution in [0.15, 0.2) is 12.4 Å². The Morgan fingerprint density at radius 2 is 2.08 bits per heavy atom. The lowest BCUT2D eigenvalue weighted by Crippen LogP contribution is -2.35. The summed E-state index contributed by atoms with van der Waals surface area (Å²) in [5.41, 5.74) is 1.29. The second kappa shape index (κ2) is 7.12. The SMILES string of the molecule is Cc1nc(C)c(C(=O)Nc2cnn(CC(=O)NC3CCCC3)c2)s1. The van der Waals surface area contributed by atoms with E-state index < -0.39 is 0 Å². The van der Waals surface area contributed by atoms with Gasteiger partial charge < -0.3 is 10.6 Å². The fraction of sp³-hybridized carbons (Fsp3) is 0.500. The molecule has 1 aliphatic rings. The van der Waals surface area contributed by atoms with Crippen molar-refractivity contribution in [2.45, 2.75) is 52.1 Å².